The highest BCUT2D eigenvalue weighted by atomic mass is 16.5. The highest BCUT2D eigenvalue weighted by molar-refractivity contribution is 5.78. The van der Waals surface area contributed by atoms with Crippen LogP contribution in [0.2, 0.25) is 0 Å². The van der Waals surface area contributed by atoms with Gasteiger partial charge in [0.25, 0.3) is 0 Å². The van der Waals surface area contributed by atoms with E-state index in [1.165, 1.54) is 24.8 Å². The molecule has 1 N–H and O–H groups in total. The molecule has 2 aliphatic heterocycles. The zero-order valence-corrected chi connectivity index (χ0v) is 14.6. The summed E-state index contributed by atoms with van der Waals surface area (Å²) in [7, 11) is 0. The van der Waals surface area contributed by atoms with Crippen molar-refractivity contribution in [3.05, 3.63) is 29.8 Å². The molecule has 1 amide bonds. The number of ether oxygens (including phenoxy) is 1. The van der Waals surface area contributed by atoms with E-state index in [1.54, 1.807) is 0 Å². The predicted octanol–water partition coefficient (Wildman–Crippen LogP) is 3.42. The van der Waals surface area contributed by atoms with Crippen LogP contribution in [0.1, 0.15) is 63.5 Å². The number of hydrogen-bond acceptors (Lipinski definition) is 3. The number of fused-ring (bicyclic) bond motifs is 1. The molecule has 1 aromatic rings. The molecule has 24 heavy (non-hydrogen) atoms. The lowest BCUT2D eigenvalue weighted by Gasteiger charge is -2.48. The summed E-state index contributed by atoms with van der Waals surface area (Å²) in [6, 6.07) is 9.22. The van der Waals surface area contributed by atoms with Crippen molar-refractivity contribution in [1.82, 2.24) is 10.2 Å². The quantitative estimate of drug-likeness (QED) is 0.900. The van der Waals surface area contributed by atoms with E-state index < -0.39 is 0 Å². The van der Waals surface area contributed by atoms with Gasteiger partial charge in [0.05, 0.1) is 0 Å². The summed E-state index contributed by atoms with van der Waals surface area (Å²) in [6.45, 7) is 4.06. The Hall–Kier alpha value is -1.55. The first-order chi connectivity index (χ1) is 11.7. The maximum atomic E-state index is 11.8. The molecule has 1 aliphatic carbocycles. The number of amides is 1. The van der Waals surface area contributed by atoms with E-state index in [0.29, 0.717) is 18.0 Å². The number of carbonyl (C=O) groups excluding carboxylic acids is 1. The SMILES string of the molecule is C[C@@H](CCN1CCCC1=O)N[C@H]1CC2(CCC2)Oc2ccccc21. The molecule has 4 nitrogen and oxygen atoms in total. The molecule has 1 saturated heterocycles. The minimum atomic E-state index is 0.0661. The fourth-order valence-electron chi connectivity index (χ4n) is 4.36. The smallest absolute Gasteiger partial charge is 0.222 e. The molecular weight excluding hydrogens is 300 g/mol. The Bertz CT molecular complexity index is 611. The number of carbonyl (C=O) groups is 1. The molecule has 3 aliphatic rings. The Morgan fingerprint density at radius 3 is 2.88 bits per heavy atom. The van der Waals surface area contributed by atoms with E-state index in [0.717, 1.165) is 44.5 Å². The summed E-state index contributed by atoms with van der Waals surface area (Å²) in [6.07, 6.45) is 7.47. The molecule has 4 heteroatoms. The van der Waals surface area contributed by atoms with Gasteiger partial charge >= 0.3 is 0 Å². The van der Waals surface area contributed by atoms with Crippen molar-refractivity contribution in [3.8, 4) is 5.75 Å². The van der Waals surface area contributed by atoms with E-state index in [2.05, 4.69) is 36.5 Å². The zero-order chi connectivity index (χ0) is 16.6. The van der Waals surface area contributed by atoms with Gasteiger partial charge < -0.3 is 15.0 Å². The lowest BCUT2D eigenvalue weighted by atomic mass is 9.73. The van der Waals surface area contributed by atoms with Crippen LogP contribution >= 0.6 is 0 Å². The van der Waals surface area contributed by atoms with Gasteiger partial charge in [-0.3, -0.25) is 4.79 Å². The minimum absolute atomic E-state index is 0.0661. The van der Waals surface area contributed by atoms with Crippen molar-refractivity contribution < 1.29 is 9.53 Å². The predicted molar refractivity (Wildman–Crippen MR) is 94.0 cm³/mol. The molecule has 2 atom stereocenters. The molecule has 130 valence electrons. The number of rotatable bonds is 5. The van der Waals surface area contributed by atoms with E-state index >= 15 is 0 Å². The largest absolute Gasteiger partial charge is 0.487 e. The second-order valence-electron chi connectivity index (χ2n) is 7.77. The Morgan fingerprint density at radius 1 is 1.33 bits per heavy atom. The molecule has 0 radical (unpaired) electrons. The first-order valence-electron chi connectivity index (χ1n) is 9.47. The zero-order valence-electron chi connectivity index (χ0n) is 14.6. The van der Waals surface area contributed by atoms with E-state index in [1.807, 2.05) is 4.90 Å². The van der Waals surface area contributed by atoms with Gasteiger partial charge in [-0.05, 0) is 45.1 Å². The molecule has 1 aromatic carbocycles. The van der Waals surface area contributed by atoms with Crippen LogP contribution in [-0.4, -0.2) is 35.5 Å². The van der Waals surface area contributed by atoms with Gasteiger partial charge in [0.1, 0.15) is 11.4 Å². The van der Waals surface area contributed by atoms with Crippen LogP contribution in [0.25, 0.3) is 0 Å². The average molecular weight is 328 g/mol. The molecule has 1 spiro atoms. The van der Waals surface area contributed by atoms with Crippen LogP contribution in [0.15, 0.2) is 24.3 Å². The fourth-order valence-corrected chi connectivity index (χ4v) is 4.36. The van der Waals surface area contributed by atoms with E-state index in [-0.39, 0.29) is 5.60 Å². The lowest BCUT2D eigenvalue weighted by Crippen LogP contribution is -2.50. The first-order valence-corrected chi connectivity index (χ1v) is 9.47. The number of nitrogens with one attached hydrogen (secondary N) is 1. The monoisotopic (exact) mass is 328 g/mol. The molecule has 0 bridgehead atoms. The summed E-state index contributed by atoms with van der Waals surface area (Å²) in [4.78, 5) is 13.8. The highest BCUT2D eigenvalue weighted by Crippen LogP contribution is 2.48. The van der Waals surface area contributed by atoms with Gasteiger partial charge in [-0.25, -0.2) is 0 Å². The second-order valence-corrected chi connectivity index (χ2v) is 7.77. The third-order valence-electron chi connectivity index (χ3n) is 5.95. The van der Waals surface area contributed by atoms with Crippen LogP contribution in [0.3, 0.4) is 0 Å². The Balaban J connectivity index is 1.40. The topological polar surface area (TPSA) is 41.6 Å². The molecule has 2 heterocycles. The van der Waals surface area contributed by atoms with Crippen LogP contribution < -0.4 is 10.1 Å². The van der Waals surface area contributed by atoms with Crippen molar-refractivity contribution in [2.75, 3.05) is 13.1 Å². The standard InChI is InChI=1S/C20H28N2O2/c1-15(9-13-22-12-4-8-19(22)23)21-17-14-20(10-5-11-20)24-18-7-3-2-6-16(17)18/h2-3,6-7,15,17,21H,4-5,8-14H2,1H3/t15-,17-/m0/s1. The van der Waals surface area contributed by atoms with Gasteiger partial charge in [0.2, 0.25) is 5.91 Å². The van der Waals surface area contributed by atoms with Crippen molar-refractivity contribution in [1.29, 1.82) is 0 Å². The second kappa shape index (κ2) is 6.40. The van der Waals surface area contributed by atoms with Gasteiger partial charge in [-0.2, -0.15) is 0 Å². The van der Waals surface area contributed by atoms with Gasteiger partial charge in [-0.1, -0.05) is 18.2 Å². The fraction of sp³-hybridized carbons (Fsp3) is 0.650. The summed E-state index contributed by atoms with van der Waals surface area (Å²) < 4.78 is 6.33. The Labute approximate surface area is 144 Å². The third-order valence-corrected chi connectivity index (χ3v) is 5.95. The molecule has 0 aromatic heterocycles. The van der Waals surface area contributed by atoms with Crippen LogP contribution in [0, 0.1) is 0 Å². The lowest BCUT2D eigenvalue weighted by molar-refractivity contribution is -0.127. The minimum Gasteiger partial charge on any atom is -0.487 e. The normalized spacial score (nSPS) is 26.0. The number of hydrogen-bond donors (Lipinski definition) is 1. The summed E-state index contributed by atoms with van der Waals surface area (Å²) in [5.41, 5.74) is 1.36. The molecule has 0 unspecified atom stereocenters. The summed E-state index contributed by atoms with van der Waals surface area (Å²) >= 11 is 0. The number of nitrogens with zero attached hydrogens (tertiary/aromatic N) is 1. The van der Waals surface area contributed by atoms with Gasteiger partial charge in [0, 0.05) is 43.6 Å². The van der Waals surface area contributed by atoms with Crippen LogP contribution in [-0.2, 0) is 4.79 Å². The van der Waals surface area contributed by atoms with Crippen molar-refractivity contribution in [2.24, 2.45) is 0 Å². The van der Waals surface area contributed by atoms with E-state index in [4.69, 9.17) is 4.74 Å². The number of benzene rings is 1. The van der Waals surface area contributed by atoms with Crippen LogP contribution in [0.4, 0.5) is 0 Å². The Morgan fingerprint density at radius 2 is 2.17 bits per heavy atom. The van der Waals surface area contributed by atoms with Crippen LogP contribution in [0.5, 0.6) is 5.75 Å². The summed E-state index contributed by atoms with van der Waals surface area (Å²) in [5.74, 6) is 1.38. The van der Waals surface area contributed by atoms with Gasteiger partial charge in [-0.15, -0.1) is 0 Å². The van der Waals surface area contributed by atoms with Crippen molar-refractivity contribution >= 4 is 5.91 Å². The Kier molecular flexibility index (Phi) is 4.25. The summed E-state index contributed by atoms with van der Waals surface area (Å²) in [5, 5.41) is 3.82. The molecule has 4 rings (SSSR count). The van der Waals surface area contributed by atoms with Crippen molar-refractivity contribution in [3.63, 3.8) is 0 Å². The van der Waals surface area contributed by atoms with Crippen molar-refractivity contribution in [2.45, 2.75) is 69.6 Å². The highest BCUT2D eigenvalue weighted by Gasteiger charge is 2.45. The maximum Gasteiger partial charge on any atom is 0.222 e. The van der Waals surface area contributed by atoms with Gasteiger partial charge in [0.15, 0.2) is 0 Å². The number of para-hydroxylation sites is 1. The molecular formula is C20H28N2O2. The molecule has 2 fully saturated rings. The third kappa shape index (κ3) is 3.04. The average Bonchev–Trinajstić information content (AvgIpc) is 2.96. The van der Waals surface area contributed by atoms with E-state index in [9.17, 15) is 4.79 Å². The first kappa shape index (κ1) is 15.9. The maximum absolute atomic E-state index is 11.8. The molecule has 1 saturated carbocycles. The number of likely N-dealkylation sites (tertiary alicyclic amines) is 1.